The molecule has 0 fully saturated rings. The minimum atomic E-state index is -1.59. The summed E-state index contributed by atoms with van der Waals surface area (Å²) in [5, 5.41) is 11.0. The smallest absolute Gasteiger partial charge is 0.303 e. The fourth-order valence-corrected chi connectivity index (χ4v) is 3.80. The molecule has 0 saturated heterocycles. The van der Waals surface area contributed by atoms with Crippen LogP contribution in [0.15, 0.2) is 30.0 Å². The maximum atomic E-state index is 13.0. The monoisotopic (exact) mass is 393 g/mol. The number of ketones is 1. The van der Waals surface area contributed by atoms with Crippen molar-refractivity contribution in [1.82, 2.24) is 4.57 Å². The van der Waals surface area contributed by atoms with E-state index < -0.39 is 25.7 Å². The van der Waals surface area contributed by atoms with E-state index in [9.17, 15) is 14.7 Å². The van der Waals surface area contributed by atoms with Gasteiger partial charge < -0.3 is 19.1 Å². The Hall–Kier alpha value is -1.70. The minimum absolute atomic E-state index is 0.0649. The van der Waals surface area contributed by atoms with Crippen molar-refractivity contribution in [1.29, 1.82) is 0 Å². The van der Waals surface area contributed by atoms with Crippen LogP contribution in [-0.4, -0.2) is 47.8 Å². The lowest BCUT2D eigenvalue weighted by Crippen LogP contribution is -2.45. The van der Waals surface area contributed by atoms with E-state index >= 15 is 0 Å². The van der Waals surface area contributed by atoms with E-state index in [0.29, 0.717) is 12.3 Å². The van der Waals surface area contributed by atoms with Crippen LogP contribution in [0.1, 0.15) is 37.2 Å². The van der Waals surface area contributed by atoms with Crippen LogP contribution < -0.4 is 0 Å². The van der Waals surface area contributed by atoms with E-state index in [4.69, 9.17) is 9.47 Å². The number of aliphatic hydroxyl groups is 1. The Kier molecular flexibility index (Phi) is 6.83. The number of esters is 1. The summed E-state index contributed by atoms with van der Waals surface area (Å²) in [5.74, 6) is -0.800. The number of aromatic nitrogens is 1. The highest BCUT2D eigenvalue weighted by atomic mass is 28.3. The number of nitrogens with zero attached hydrogens (tertiary/aromatic N) is 1. The molecule has 2 rings (SSSR count). The van der Waals surface area contributed by atoms with Gasteiger partial charge in [0.05, 0.1) is 5.69 Å². The average molecular weight is 394 g/mol. The Labute approximate surface area is 162 Å². The molecule has 0 saturated carbocycles. The van der Waals surface area contributed by atoms with Gasteiger partial charge in [0, 0.05) is 40.6 Å². The predicted molar refractivity (Wildman–Crippen MR) is 106 cm³/mol. The van der Waals surface area contributed by atoms with Crippen LogP contribution in [0.25, 0.3) is 0 Å². The molecule has 0 amide bonds. The third-order valence-electron chi connectivity index (χ3n) is 4.81. The first-order valence-electron chi connectivity index (χ1n) is 9.36. The van der Waals surface area contributed by atoms with Crippen LogP contribution in [0.2, 0.25) is 25.7 Å². The maximum Gasteiger partial charge on any atom is 0.303 e. The van der Waals surface area contributed by atoms with Gasteiger partial charge >= 0.3 is 5.97 Å². The maximum absolute atomic E-state index is 13.0. The average Bonchev–Trinajstić information content (AvgIpc) is 3.01. The van der Waals surface area contributed by atoms with Crippen molar-refractivity contribution in [2.24, 2.45) is 0 Å². The molecule has 0 aromatic carbocycles. The molecule has 1 aliphatic carbocycles. The summed E-state index contributed by atoms with van der Waals surface area (Å²) in [6.07, 6.45) is 3.24. The van der Waals surface area contributed by atoms with Crippen LogP contribution >= 0.6 is 0 Å². The van der Waals surface area contributed by atoms with Gasteiger partial charge in [0.25, 0.3) is 0 Å². The van der Waals surface area contributed by atoms with Crippen LogP contribution in [-0.2, 0) is 21.0 Å². The molecule has 0 spiro atoms. The molecule has 150 valence electrons. The fraction of sp³-hybridized carbons (Fsp3) is 0.600. The second-order valence-electron chi connectivity index (χ2n) is 8.53. The third kappa shape index (κ3) is 5.89. The van der Waals surface area contributed by atoms with Crippen molar-refractivity contribution in [3.8, 4) is 0 Å². The highest BCUT2D eigenvalue weighted by Gasteiger charge is 2.43. The van der Waals surface area contributed by atoms with E-state index in [1.54, 1.807) is 29.0 Å². The van der Waals surface area contributed by atoms with Crippen molar-refractivity contribution in [3.63, 3.8) is 0 Å². The zero-order chi connectivity index (χ0) is 20.2. The Morgan fingerprint density at radius 1 is 1.37 bits per heavy atom. The van der Waals surface area contributed by atoms with E-state index in [1.165, 1.54) is 6.92 Å². The molecule has 2 atom stereocenters. The Bertz CT molecular complexity index is 718. The number of rotatable bonds is 8. The van der Waals surface area contributed by atoms with Crippen molar-refractivity contribution in [3.05, 3.63) is 35.7 Å². The van der Waals surface area contributed by atoms with E-state index in [0.717, 1.165) is 11.6 Å². The van der Waals surface area contributed by atoms with E-state index in [1.807, 2.05) is 6.92 Å². The summed E-state index contributed by atoms with van der Waals surface area (Å²) in [4.78, 5) is 24.3. The molecular formula is C20H31NO5Si. The Balaban J connectivity index is 2.07. The number of hydrogen-bond acceptors (Lipinski definition) is 5. The molecular weight excluding hydrogens is 362 g/mol. The number of carbonyl (C=O) groups is 2. The lowest BCUT2D eigenvalue weighted by atomic mass is 9.80. The zero-order valence-electron chi connectivity index (χ0n) is 16.9. The lowest BCUT2D eigenvalue weighted by molar-refractivity contribution is -0.147. The van der Waals surface area contributed by atoms with Gasteiger partial charge in [0.2, 0.25) is 5.78 Å². The summed E-state index contributed by atoms with van der Waals surface area (Å²) >= 11 is 0. The molecule has 0 unspecified atom stereocenters. The number of hydrogen-bond donors (Lipinski definition) is 1. The molecule has 0 radical (unpaired) electrons. The largest absolute Gasteiger partial charge is 0.458 e. The first-order chi connectivity index (χ1) is 12.5. The van der Waals surface area contributed by atoms with Crippen molar-refractivity contribution in [2.45, 2.75) is 70.8 Å². The first-order valence-corrected chi connectivity index (χ1v) is 13.1. The second-order valence-corrected chi connectivity index (χ2v) is 14.1. The topological polar surface area (TPSA) is 77.8 Å². The third-order valence-corrected chi connectivity index (χ3v) is 6.52. The summed E-state index contributed by atoms with van der Waals surface area (Å²) in [6.45, 7) is 11.0. The molecule has 1 N–H and O–H groups in total. The van der Waals surface area contributed by atoms with Gasteiger partial charge in [-0.1, -0.05) is 25.7 Å². The number of carbonyl (C=O) groups excluding carboxylic acids is 2. The van der Waals surface area contributed by atoms with Crippen molar-refractivity contribution < 1.29 is 24.2 Å². The van der Waals surface area contributed by atoms with E-state index in [2.05, 4.69) is 19.6 Å². The summed E-state index contributed by atoms with van der Waals surface area (Å²) in [6, 6.07) is 4.51. The first kappa shape index (κ1) is 21.6. The molecule has 1 heterocycles. The minimum Gasteiger partial charge on any atom is -0.458 e. The van der Waals surface area contributed by atoms with Gasteiger partial charge in [0.15, 0.2) is 0 Å². The van der Waals surface area contributed by atoms with Crippen LogP contribution in [0.3, 0.4) is 0 Å². The quantitative estimate of drug-likeness (QED) is 0.241. The fourth-order valence-electron chi connectivity index (χ4n) is 3.05. The predicted octanol–water partition coefficient (Wildman–Crippen LogP) is 3.39. The molecule has 1 aromatic heterocycles. The van der Waals surface area contributed by atoms with Gasteiger partial charge in [-0.05, 0) is 30.7 Å². The van der Waals surface area contributed by atoms with Crippen molar-refractivity contribution >= 4 is 19.8 Å². The molecule has 1 aromatic rings. The molecule has 0 aliphatic heterocycles. The Morgan fingerprint density at radius 3 is 2.70 bits per heavy atom. The number of ether oxygens (including phenoxy) is 2. The second kappa shape index (κ2) is 8.54. The van der Waals surface area contributed by atoms with Crippen LogP contribution in [0, 0.1) is 0 Å². The zero-order valence-corrected chi connectivity index (χ0v) is 17.9. The summed E-state index contributed by atoms with van der Waals surface area (Å²) in [7, 11) is -1.17. The molecule has 27 heavy (non-hydrogen) atoms. The van der Waals surface area contributed by atoms with Crippen molar-refractivity contribution in [2.75, 3.05) is 6.61 Å². The summed E-state index contributed by atoms with van der Waals surface area (Å²) in [5.41, 5.74) is -0.332. The van der Waals surface area contributed by atoms with Gasteiger partial charge in [-0.15, -0.1) is 0 Å². The number of Topliss-reactive ketones (excluding diaryl/α,β-unsaturated/α-hetero) is 1. The SMILES string of the molecule is CC(=O)O[C@@H]1C[C@@](O)(C(=O)c2cccn2COCC[Si](C)(C)C)CC=C1C. The van der Waals surface area contributed by atoms with Gasteiger partial charge in [0.1, 0.15) is 18.4 Å². The highest BCUT2D eigenvalue weighted by molar-refractivity contribution is 6.76. The standard InChI is InChI=1S/C20H31NO5Si/c1-15-8-9-20(24,13-18(15)26-16(2)22)19(23)17-7-6-10-21(17)14-25-11-12-27(3,4)5/h6-8,10,18,24H,9,11-14H2,1-5H3/t18-,20-/m1/s1. The molecule has 7 heteroatoms. The molecule has 6 nitrogen and oxygen atoms in total. The van der Waals surface area contributed by atoms with Crippen LogP contribution in [0.5, 0.6) is 0 Å². The van der Waals surface area contributed by atoms with Gasteiger partial charge in [-0.2, -0.15) is 0 Å². The highest BCUT2D eigenvalue weighted by Crippen LogP contribution is 2.32. The normalized spacial score (nSPS) is 23.0. The molecule has 0 bridgehead atoms. The van der Waals surface area contributed by atoms with Gasteiger partial charge in [-0.25, -0.2) is 0 Å². The van der Waals surface area contributed by atoms with Gasteiger partial charge in [-0.3, -0.25) is 9.59 Å². The van der Waals surface area contributed by atoms with Crippen LogP contribution in [0.4, 0.5) is 0 Å². The molecule has 1 aliphatic rings. The Morgan fingerprint density at radius 2 is 2.07 bits per heavy atom. The summed E-state index contributed by atoms with van der Waals surface area (Å²) < 4.78 is 12.7. The van der Waals surface area contributed by atoms with E-state index in [-0.39, 0.29) is 25.4 Å². The lowest BCUT2D eigenvalue weighted by Gasteiger charge is -2.34.